The highest BCUT2D eigenvalue weighted by molar-refractivity contribution is 5.92. The van der Waals surface area contributed by atoms with Crippen molar-refractivity contribution in [2.24, 2.45) is 0 Å². The third-order valence-electron chi connectivity index (χ3n) is 4.45. The number of aryl methyl sites for hydroxylation is 1. The van der Waals surface area contributed by atoms with Gasteiger partial charge >= 0.3 is 0 Å². The molecule has 3 aromatic rings. The Bertz CT molecular complexity index is 983. The quantitative estimate of drug-likeness (QED) is 0.680. The van der Waals surface area contributed by atoms with Crippen LogP contribution in [-0.2, 0) is 11.2 Å². The number of hydrogen-bond donors (Lipinski definition) is 2. The molecule has 1 aliphatic heterocycles. The molecule has 0 radical (unpaired) electrons. The summed E-state index contributed by atoms with van der Waals surface area (Å²) in [4.78, 5) is 12.3. The minimum Gasteiger partial charge on any atom is -0.486 e. The second-order valence-corrected chi connectivity index (χ2v) is 6.77. The van der Waals surface area contributed by atoms with Crippen molar-refractivity contribution in [1.29, 1.82) is 0 Å². The molecule has 0 saturated carbocycles. The lowest BCUT2D eigenvalue weighted by Gasteiger charge is -2.19. The second-order valence-electron chi connectivity index (χ2n) is 6.77. The Morgan fingerprint density at radius 3 is 2.36 bits per heavy atom. The van der Waals surface area contributed by atoms with Crippen molar-refractivity contribution in [2.45, 2.75) is 13.3 Å². The van der Waals surface area contributed by atoms with Crippen LogP contribution in [0.1, 0.15) is 11.1 Å². The van der Waals surface area contributed by atoms with Crippen LogP contribution < -0.4 is 20.1 Å². The summed E-state index contributed by atoms with van der Waals surface area (Å²) in [6.07, 6.45) is 0.360. The van der Waals surface area contributed by atoms with Crippen LogP contribution in [0.4, 0.5) is 17.1 Å². The molecule has 4 rings (SSSR count). The van der Waals surface area contributed by atoms with Crippen LogP contribution in [0, 0.1) is 6.92 Å². The Balaban J connectivity index is 1.36. The van der Waals surface area contributed by atoms with Crippen LogP contribution in [0.3, 0.4) is 0 Å². The van der Waals surface area contributed by atoms with Crippen molar-refractivity contribution in [1.82, 2.24) is 0 Å². The first-order chi connectivity index (χ1) is 13.7. The van der Waals surface area contributed by atoms with E-state index in [2.05, 4.69) is 10.6 Å². The molecule has 5 nitrogen and oxygen atoms in total. The van der Waals surface area contributed by atoms with E-state index in [1.165, 1.54) is 0 Å². The maximum atomic E-state index is 12.3. The van der Waals surface area contributed by atoms with Crippen molar-refractivity contribution >= 4 is 23.0 Å². The van der Waals surface area contributed by atoms with E-state index in [4.69, 9.17) is 9.47 Å². The Labute approximate surface area is 164 Å². The van der Waals surface area contributed by atoms with Gasteiger partial charge in [0.1, 0.15) is 13.2 Å². The zero-order valence-electron chi connectivity index (χ0n) is 15.7. The van der Waals surface area contributed by atoms with Gasteiger partial charge in [0.25, 0.3) is 0 Å². The molecule has 0 bridgehead atoms. The molecule has 28 heavy (non-hydrogen) atoms. The number of fused-ring (bicyclic) bond motifs is 1. The number of anilines is 3. The van der Waals surface area contributed by atoms with Crippen molar-refractivity contribution in [3.8, 4) is 11.5 Å². The largest absolute Gasteiger partial charge is 0.486 e. The van der Waals surface area contributed by atoms with Crippen molar-refractivity contribution in [3.63, 3.8) is 0 Å². The van der Waals surface area contributed by atoms with Gasteiger partial charge in [-0.15, -0.1) is 0 Å². The fourth-order valence-corrected chi connectivity index (χ4v) is 3.14. The predicted octanol–water partition coefficient (Wildman–Crippen LogP) is 4.69. The molecule has 5 heteroatoms. The molecule has 0 spiro atoms. The lowest BCUT2D eigenvalue weighted by atomic mass is 10.1. The van der Waals surface area contributed by atoms with Crippen molar-refractivity contribution < 1.29 is 14.3 Å². The van der Waals surface area contributed by atoms with Gasteiger partial charge in [0.15, 0.2) is 11.5 Å². The van der Waals surface area contributed by atoms with Crippen LogP contribution in [0.5, 0.6) is 11.5 Å². The number of benzene rings is 3. The Morgan fingerprint density at radius 2 is 1.57 bits per heavy atom. The van der Waals surface area contributed by atoms with Gasteiger partial charge in [0.2, 0.25) is 5.91 Å². The van der Waals surface area contributed by atoms with Gasteiger partial charge in [-0.1, -0.05) is 29.8 Å². The highest BCUT2D eigenvalue weighted by atomic mass is 16.6. The fourth-order valence-electron chi connectivity index (χ4n) is 3.14. The molecule has 0 fully saturated rings. The highest BCUT2D eigenvalue weighted by Crippen LogP contribution is 2.33. The summed E-state index contributed by atoms with van der Waals surface area (Å²) in [5.41, 5.74) is 4.77. The maximum Gasteiger partial charge on any atom is 0.228 e. The first-order valence-electron chi connectivity index (χ1n) is 9.28. The zero-order valence-corrected chi connectivity index (χ0v) is 15.7. The Hall–Kier alpha value is -3.47. The normalized spacial score (nSPS) is 12.3. The summed E-state index contributed by atoms with van der Waals surface area (Å²) in [6.45, 7) is 3.17. The maximum absolute atomic E-state index is 12.3. The van der Waals surface area contributed by atoms with Crippen molar-refractivity contribution in [3.05, 3.63) is 77.9 Å². The van der Waals surface area contributed by atoms with Gasteiger partial charge in [-0.25, -0.2) is 0 Å². The van der Waals surface area contributed by atoms with Crippen LogP contribution in [0.2, 0.25) is 0 Å². The molecule has 3 aromatic carbocycles. The van der Waals surface area contributed by atoms with E-state index in [1.54, 1.807) is 0 Å². The van der Waals surface area contributed by atoms with Gasteiger partial charge < -0.3 is 20.1 Å². The first kappa shape index (κ1) is 17.9. The number of carbonyl (C=O) groups excluding carboxylic acids is 1. The molecule has 142 valence electrons. The molecule has 0 atom stereocenters. The van der Waals surface area contributed by atoms with Gasteiger partial charge in [-0.2, -0.15) is 0 Å². The van der Waals surface area contributed by atoms with Crippen LogP contribution >= 0.6 is 0 Å². The minimum absolute atomic E-state index is 0.0295. The molecular weight excluding hydrogens is 352 g/mol. The van der Waals surface area contributed by atoms with E-state index in [9.17, 15) is 4.79 Å². The lowest BCUT2D eigenvalue weighted by Crippen LogP contribution is -2.15. The molecule has 2 N–H and O–H groups in total. The summed E-state index contributed by atoms with van der Waals surface area (Å²) in [7, 11) is 0. The number of hydrogen-bond acceptors (Lipinski definition) is 4. The van der Waals surface area contributed by atoms with E-state index in [0.29, 0.717) is 19.6 Å². The van der Waals surface area contributed by atoms with E-state index < -0.39 is 0 Å². The average Bonchev–Trinajstić information content (AvgIpc) is 2.69. The molecule has 1 aliphatic rings. The Kier molecular flexibility index (Phi) is 5.15. The van der Waals surface area contributed by atoms with E-state index in [1.807, 2.05) is 73.7 Å². The van der Waals surface area contributed by atoms with Crippen LogP contribution in [0.25, 0.3) is 0 Å². The van der Waals surface area contributed by atoms with Gasteiger partial charge in [0.05, 0.1) is 6.42 Å². The van der Waals surface area contributed by atoms with Crippen molar-refractivity contribution in [2.75, 3.05) is 23.8 Å². The molecular formula is C23H22N2O3. The summed E-state index contributed by atoms with van der Waals surface area (Å²) >= 11 is 0. The second kappa shape index (κ2) is 8.05. The smallest absolute Gasteiger partial charge is 0.228 e. The molecule has 0 unspecified atom stereocenters. The topological polar surface area (TPSA) is 59.6 Å². The third kappa shape index (κ3) is 4.43. The van der Waals surface area contributed by atoms with Gasteiger partial charge in [0, 0.05) is 23.1 Å². The SMILES string of the molecule is Cc1cccc(CC(=O)Nc2ccc(Nc3ccc4c(c3)OCCO4)cc2)c1. The predicted molar refractivity (Wildman–Crippen MR) is 111 cm³/mol. The third-order valence-corrected chi connectivity index (χ3v) is 4.45. The standard InChI is InChI=1S/C23H22N2O3/c1-16-3-2-4-17(13-16)14-23(26)25-19-7-5-18(6-8-19)24-20-9-10-21-22(15-20)28-12-11-27-21/h2-10,13,15,24H,11-12,14H2,1H3,(H,25,26). The lowest BCUT2D eigenvalue weighted by molar-refractivity contribution is -0.115. The molecule has 1 heterocycles. The van der Waals surface area contributed by atoms with Gasteiger partial charge in [-0.05, 0) is 48.9 Å². The number of nitrogens with one attached hydrogen (secondary N) is 2. The van der Waals surface area contributed by atoms with E-state index >= 15 is 0 Å². The Morgan fingerprint density at radius 1 is 0.857 bits per heavy atom. The van der Waals surface area contributed by atoms with Crippen LogP contribution in [-0.4, -0.2) is 19.1 Å². The summed E-state index contributed by atoms with van der Waals surface area (Å²) in [5.74, 6) is 1.48. The first-order valence-corrected chi connectivity index (χ1v) is 9.28. The molecule has 0 aromatic heterocycles. The number of amides is 1. The molecule has 1 amide bonds. The van der Waals surface area contributed by atoms with E-state index in [-0.39, 0.29) is 5.91 Å². The number of rotatable bonds is 5. The monoisotopic (exact) mass is 374 g/mol. The molecule has 0 saturated heterocycles. The number of carbonyl (C=O) groups is 1. The number of ether oxygens (including phenoxy) is 2. The van der Waals surface area contributed by atoms with Crippen LogP contribution in [0.15, 0.2) is 66.7 Å². The highest BCUT2D eigenvalue weighted by Gasteiger charge is 2.11. The zero-order chi connectivity index (χ0) is 19.3. The van der Waals surface area contributed by atoms with E-state index in [0.717, 1.165) is 39.7 Å². The minimum atomic E-state index is -0.0295. The summed E-state index contributed by atoms with van der Waals surface area (Å²) in [6, 6.07) is 21.4. The average molecular weight is 374 g/mol. The molecule has 0 aliphatic carbocycles. The summed E-state index contributed by atoms with van der Waals surface area (Å²) < 4.78 is 11.1. The van der Waals surface area contributed by atoms with Gasteiger partial charge in [-0.3, -0.25) is 4.79 Å². The fraction of sp³-hybridized carbons (Fsp3) is 0.174. The summed E-state index contributed by atoms with van der Waals surface area (Å²) in [5, 5.41) is 6.27.